The molecule has 4 nitrogen and oxygen atoms in total. The first kappa shape index (κ1) is 25.5. The summed E-state index contributed by atoms with van der Waals surface area (Å²) in [5, 5.41) is 10.0. The van der Waals surface area contributed by atoms with Crippen LogP contribution in [0.1, 0.15) is 110 Å². The molecule has 0 rings (SSSR count). The van der Waals surface area contributed by atoms with Crippen LogP contribution in [0.5, 0.6) is 0 Å². The molecule has 0 heterocycles. The molecule has 0 saturated carbocycles. The van der Waals surface area contributed by atoms with Crippen molar-refractivity contribution >= 4 is 6.16 Å². The number of rotatable bonds is 17. The first-order chi connectivity index (χ1) is 11.8. The number of carboxylic acid groups (broad SMARTS) is 1. The van der Waals surface area contributed by atoms with E-state index in [0.717, 1.165) is 12.8 Å². The van der Waals surface area contributed by atoms with Crippen molar-refractivity contribution in [1.29, 1.82) is 0 Å². The summed E-state index contributed by atoms with van der Waals surface area (Å²) in [5.74, 6) is 0. The van der Waals surface area contributed by atoms with E-state index >= 15 is 0 Å². The van der Waals surface area contributed by atoms with E-state index in [2.05, 4.69) is 17.4 Å². The standard InChI is InChI=1S/C19H38O3.CH5N/c1-2-3-4-5-6-7-8-9-10-11-12-13-14-15-16-17-18-22-19(20)21;1-2/h2-18H2,1H3,(H,20,21);2H2,1H3. The van der Waals surface area contributed by atoms with Gasteiger partial charge in [0.2, 0.25) is 0 Å². The van der Waals surface area contributed by atoms with Gasteiger partial charge in [0, 0.05) is 6.61 Å². The lowest BCUT2D eigenvalue weighted by molar-refractivity contribution is -0.325. The molecule has 4 heteroatoms. The highest BCUT2D eigenvalue weighted by Crippen LogP contribution is 2.13. The maximum atomic E-state index is 10.0. The molecule has 0 aliphatic heterocycles. The van der Waals surface area contributed by atoms with Crippen LogP contribution in [0.25, 0.3) is 0 Å². The van der Waals surface area contributed by atoms with Crippen LogP contribution >= 0.6 is 0 Å². The van der Waals surface area contributed by atoms with Crippen LogP contribution in [-0.4, -0.2) is 19.8 Å². The molecule has 0 aliphatic rings. The Kier molecular flexibility index (Phi) is 26.0. The molecule has 0 saturated heterocycles. The van der Waals surface area contributed by atoms with Gasteiger partial charge >= 0.3 is 0 Å². The Balaban J connectivity index is 0. The molecule has 0 aromatic heterocycles. The van der Waals surface area contributed by atoms with Crippen molar-refractivity contribution in [2.75, 3.05) is 13.7 Å². The molecule has 0 spiro atoms. The molecule has 24 heavy (non-hydrogen) atoms. The summed E-state index contributed by atoms with van der Waals surface area (Å²) in [7, 11) is 1.75. The van der Waals surface area contributed by atoms with Gasteiger partial charge in [-0.15, -0.1) is 0 Å². The molecule has 0 unspecified atom stereocenters. The zero-order valence-corrected chi connectivity index (χ0v) is 16.5. The second-order valence-electron chi connectivity index (χ2n) is 6.40. The quantitative estimate of drug-likeness (QED) is 0.312. The monoisotopic (exact) mass is 345 g/mol. The largest absolute Gasteiger partial charge is 0.550 e. The van der Waals surface area contributed by atoms with Crippen LogP contribution < -0.4 is 10.8 Å². The third-order valence-corrected chi connectivity index (χ3v) is 4.22. The smallest absolute Gasteiger partial charge is 0.251 e. The van der Waals surface area contributed by atoms with Crippen molar-refractivity contribution in [3.63, 3.8) is 0 Å². The van der Waals surface area contributed by atoms with E-state index in [9.17, 15) is 9.90 Å². The molecule has 0 radical (unpaired) electrons. The van der Waals surface area contributed by atoms with Gasteiger partial charge in [0.15, 0.2) is 0 Å². The second kappa shape index (κ2) is 24.5. The minimum absolute atomic E-state index is 0.292. The maximum absolute atomic E-state index is 10.0. The van der Waals surface area contributed by atoms with E-state index in [1.165, 1.54) is 89.9 Å². The lowest BCUT2D eigenvalue weighted by Gasteiger charge is -2.07. The molecule has 0 aromatic carbocycles. The summed E-state index contributed by atoms with van der Waals surface area (Å²) < 4.78 is 4.37. The number of quaternary nitrogens is 1. The van der Waals surface area contributed by atoms with Gasteiger partial charge < -0.3 is 20.4 Å². The summed E-state index contributed by atoms with van der Waals surface area (Å²) in [4.78, 5) is 10.0. The van der Waals surface area contributed by atoms with Crippen molar-refractivity contribution < 1.29 is 20.4 Å². The van der Waals surface area contributed by atoms with Gasteiger partial charge in [0.05, 0.1) is 7.05 Å². The SMILES string of the molecule is CCCCCCCCCCCCCCCCCCOC(=O)[O-].C[NH3+]. The van der Waals surface area contributed by atoms with E-state index in [0.29, 0.717) is 6.61 Å². The van der Waals surface area contributed by atoms with Crippen molar-refractivity contribution in [1.82, 2.24) is 0 Å². The lowest BCUT2D eigenvalue weighted by atomic mass is 10.0. The van der Waals surface area contributed by atoms with Crippen LogP contribution in [0.15, 0.2) is 0 Å². The Morgan fingerprint density at radius 3 is 1.25 bits per heavy atom. The van der Waals surface area contributed by atoms with Gasteiger partial charge in [-0.2, -0.15) is 0 Å². The summed E-state index contributed by atoms with van der Waals surface area (Å²) >= 11 is 0. The van der Waals surface area contributed by atoms with Crippen LogP contribution in [0.2, 0.25) is 0 Å². The Bertz CT molecular complexity index is 235. The maximum Gasteiger partial charge on any atom is 0.251 e. The number of carbonyl (C=O) groups is 1. The predicted octanol–water partition coefficient (Wildman–Crippen LogP) is 4.47. The zero-order valence-electron chi connectivity index (χ0n) is 16.5. The summed E-state index contributed by atoms with van der Waals surface area (Å²) in [6, 6.07) is 0. The normalized spacial score (nSPS) is 10.1. The third-order valence-electron chi connectivity index (χ3n) is 4.22. The molecular weight excluding hydrogens is 302 g/mol. The number of hydrogen-bond acceptors (Lipinski definition) is 3. The Morgan fingerprint density at radius 2 is 0.958 bits per heavy atom. The highest BCUT2D eigenvalue weighted by Gasteiger charge is 1.94. The van der Waals surface area contributed by atoms with Crippen LogP contribution in [0.3, 0.4) is 0 Å². The minimum Gasteiger partial charge on any atom is -0.550 e. The van der Waals surface area contributed by atoms with Crippen molar-refractivity contribution in [3.05, 3.63) is 0 Å². The Morgan fingerprint density at radius 1 is 0.667 bits per heavy atom. The Hall–Kier alpha value is -0.770. The first-order valence-corrected chi connectivity index (χ1v) is 10.3. The molecule has 0 aliphatic carbocycles. The highest BCUT2D eigenvalue weighted by atomic mass is 16.7. The molecule has 0 amide bonds. The van der Waals surface area contributed by atoms with E-state index in [1.807, 2.05) is 0 Å². The predicted molar refractivity (Wildman–Crippen MR) is 99.7 cm³/mol. The van der Waals surface area contributed by atoms with E-state index in [4.69, 9.17) is 0 Å². The summed E-state index contributed by atoms with van der Waals surface area (Å²) in [6.07, 6.45) is 19.7. The van der Waals surface area contributed by atoms with E-state index < -0.39 is 6.16 Å². The lowest BCUT2D eigenvalue weighted by Crippen LogP contribution is -2.40. The first-order valence-electron chi connectivity index (χ1n) is 10.3. The number of unbranched alkanes of at least 4 members (excludes halogenated alkanes) is 15. The fraction of sp³-hybridized carbons (Fsp3) is 0.950. The fourth-order valence-electron chi connectivity index (χ4n) is 2.81. The van der Waals surface area contributed by atoms with E-state index in [1.54, 1.807) is 7.05 Å². The van der Waals surface area contributed by atoms with Crippen LogP contribution in [0.4, 0.5) is 4.79 Å². The van der Waals surface area contributed by atoms with Gasteiger partial charge in [-0.3, -0.25) is 0 Å². The third kappa shape index (κ3) is 26.1. The summed E-state index contributed by atoms with van der Waals surface area (Å²) in [6.45, 7) is 2.56. The highest BCUT2D eigenvalue weighted by molar-refractivity contribution is 5.53. The minimum atomic E-state index is -1.40. The van der Waals surface area contributed by atoms with Crippen molar-refractivity contribution in [3.8, 4) is 0 Å². The van der Waals surface area contributed by atoms with Crippen molar-refractivity contribution in [2.45, 2.75) is 110 Å². The molecular formula is C20H43NO3. The van der Waals surface area contributed by atoms with Gasteiger partial charge in [0.25, 0.3) is 6.16 Å². The van der Waals surface area contributed by atoms with E-state index in [-0.39, 0.29) is 0 Å². The summed E-state index contributed by atoms with van der Waals surface area (Å²) in [5.41, 5.74) is 3.25. The van der Waals surface area contributed by atoms with Gasteiger partial charge in [-0.05, 0) is 6.42 Å². The fourth-order valence-corrected chi connectivity index (χ4v) is 2.81. The van der Waals surface area contributed by atoms with Crippen LogP contribution in [-0.2, 0) is 4.74 Å². The Labute approximate surface area is 150 Å². The molecule has 0 fully saturated rings. The number of hydrogen-bond donors (Lipinski definition) is 1. The molecule has 0 atom stereocenters. The number of ether oxygens (including phenoxy) is 1. The second-order valence-corrected chi connectivity index (χ2v) is 6.40. The number of carbonyl (C=O) groups excluding carboxylic acids is 1. The molecule has 3 N–H and O–H groups in total. The van der Waals surface area contributed by atoms with Gasteiger partial charge in [-0.25, -0.2) is 0 Å². The van der Waals surface area contributed by atoms with Crippen LogP contribution in [0, 0.1) is 0 Å². The average molecular weight is 346 g/mol. The van der Waals surface area contributed by atoms with Gasteiger partial charge in [-0.1, -0.05) is 103 Å². The zero-order chi connectivity index (χ0) is 18.3. The van der Waals surface area contributed by atoms with Gasteiger partial charge in [0.1, 0.15) is 0 Å². The topological polar surface area (TPSA) is 77.0 Å². The average Bonchev–Trinajstić information content (AvgIpc) is 2.59. The molecule has 0 aromatic rings. The van der Waals surface area contributed by atoms with Crippen molar-refractivity contribution in [2.24, 2.45) is 0 Å². The molecule has 146 valence electrons. The molecule has 0 bridgehead atoms.